The van der Waals surface area contributed by atoms with Crippen molar-refractivity contribution in [3.8, 4) is 0 Å². The maximum atomic E-state index is 4.12. The molecule has 0 amide bonds. The second-order valence-corrected chi connectivity index (χ2v) is 3.47. The number of fused-ring (bicyclic) bond motifs is 1. The summed E-state index contributed by atoms with van der Waals surface area (Å²) in [4.78, 5) is 2.81. The molecule has 2 aromatic rings. The highest BCUT2D eigenvalue weighted by Crippen LogP contribution is 2.09. The van der Waals surface area contributed by atoms with Gasteiger partial charge in [-0.3, -0.25) is 0 Å². The van der Waals surface area contributed by atoms with Crippen LogP contribution >= 0.6 is 11.9 Å². The Hall–Kier alpha value is -1.96. The minimum absolute atomic E-state index is 0.599. The second-order valence-electron chi connectivity index (χ2n) is 2.78. The van der Waals surface area contributed by atoms with E-state index in [9.17, 15) is 0 Å². The first-order valence-electron chi connectivity index (χ1n) is 4.13. The van der Waals surface area contributed by atoms with E-state index in [1.54, 1.807) is 6.20 Å². The highest BCUT2D eigenvalue weighted by Gasteiger charge is 2.06. The molecule has 3 rings (SSSR count). The van der Waals surface area contributed by atoms with Crippen molar-refractivity contribution >= 4 is 23.3 Å². The number of rotatable bonds is 1. The van der Waals surface area contributed by atoms with E-state index >= 15 is 0 Å². The normalized spacial score (nSPS) is 15.1. The molecule has 0 aliphatic carbocycles. The van der Waals surface area contributed by atoms with Crippen LogP contribution in [0.5, 0.6) is 0 Å². The van der Waals surface area contributed by atoms with E-state index in [1.165, 1.54) is 16.6 Å². The fourth-order valence-corrected chi connectivity index (χ4v) is 1.60. The Morgan fingerprint density at radius 2 is 2.40 bits per heavy atom. The van der Waals surface area contributed by atoms with E-state index in [1.807, 2.05) is 17.6 Å². The van der Waals surface area contributed by atoms with Gasteiger partial charge >= 0.3 is 0 Å². The van der Waals surface area contributed by atoms with Crippen LogP contribution in [0.15, 0.2) is 28.8 Å². The molecule has 1 N–H and O–H groups in total. The maximum Gasteiger partial charge on any atom is 0.200 e. The third kappa shape index (κ3) is 1.44. The van der Waals surface area contributed by atoms with Crippen molar-refractivity contribution in [2.24, 2.45) is 5.10 Å². The van der Waals surface area contributed by atoms with E-state index < -0.39 is 0 Å². The van der Waals surface area contributed by atoms with Crippen LogP contribution in [0.25, 0.3) is 5.65 Å². The highest BCUT2D eigenvalue weighted by atomic mass is 32.2. The third-order valence-electron chi connectivity index (χ3n) is 1.88. The quantitative estimate of drug-likeness (QED) is 0.679. The number of nitrogens with zero attached hydrogens (tertiary/aromatic N) is 6. The lowest BCUT2D eigenvalue weighted by molar-refractivity contribution is 0.732. The number of hydrogen-bond acceptors (Lipinski definition) is 7. The van der Waals surface area contributed by atoms with Crippen LogP contribution in [0, 0.1) is 0 Å². The molecular formula is C7H5N7S. The number of hydrazone groups is 1. The van der Waals surface area contributed by atoms with Crippen LogP contribution < -0.4 is 4.83 Å². The molecule has 0 atom stereocenters. The molecule has 0 saturated heterocycles. The molecule has 7 nitrogen and oxygen atoms in total. The van der Waals surface area contributed by atoms with Gasteiger partial charge in [-0.15, -0.1) is 9.73 Å². The Kier molecular flexibility index (Phi) is 1.85. The van der Waals surface area contributed by atoms with Gasteiger partial charge in [-0.1, -0.05) is 0 Å². The Labute approximate surface area is 88.4 Å². The molecule has 0 fully saturated rings. The summed E-state index contributed by atoms with van der Waals surface area (Å²) in [5, 5.41) is 21.1. The maximum absolute atomic E-state index is 4.12. The van der Waals surface area contributed by atoms with E-state index in [4.69, 9.17) is 0 Å². The lowest BCUT2D eigenvalue weighted by atomic mass is 10.2. The molecule has 74 valence electrons. The van der Waals surface area contributed by atoms with Crippen molar-refractivity contribution in [3.05, 3.63) is 29.3 Å². The summed E-state index contributed by atoms with van der Waals surface area (Å²) in [6.45, 7) is 0. The first-order valence-corrected chi connectivity index (χ1v) is 5.01. The van der Waals surface area contributed by atoms with Gasteiger partial charge in [-0.05, 0) is 39.9 Å². The molecule has 8 heteroatoms. The second kappa shape index (κ2) is 3.31. The summed E-state index contributed by atoms with van der Waals surface area (Å²) in [5.41, 5.74) is 2.29. The molecule has 3 heterocycles. The number of hydrogen-bond donors (Lipinski definition) is 1. The van der Waals surface area contributed by atoms with Gasteiger partial charge in [0.1, 0.15) is 0 Å². The van der Waals surface area contributed by atoms with Crippen LogP contribution in [-0.4, -0.2) is 31.0 Å². The standard InChI is InChI=1S/C7H5N7S/c1-2-15-13-9-6(1)5-3-7-10-11-12-14(7)8-4-5/h1-4,13H. The van der Waals surface area contributed by atoms with Crippen LogP contribution in [0.1, 0.15) is 5.56 Å². The first-order chi connectivity index (χ1) is 7.43. The Bertz CT molecular complexity index is 557. The van der Waals surface area contributed by atoms with E-state index in [0.717, 1.165) is 11.3 Å². The SMILES string of the molecule is C1=CC(c2cnn3nnnc3c2)=NNS1. The van der Waals surface area contributed by atoms with Crippen molar-refractivity contribution in [1.82, 2.24) is 30.1 Å². The van der Waals surface area contributed by atoms with Crippen LogP contribution in [0.3, 0.4) is 0 Å². The fourth-order valence-electron chi connectivity index (χ4n) is 1.19. The van der Waals surface area contributed by atoms with Gasteiger partial charge < -0.3 is 0 Å². The third-order valence-corrected chi connectivity index (χ3v) is 2.34. The van der Waals surface area contributed by atoms with Gasteiger partial charge in [-0.25, -0.2) is 4.83 Å². The van der Waals surface area contributed by atoms with Gasteiger partial charge in [-0.2, -0.15) is 10.2 Å². The largest absolute Gasteiger partial charge is 0.247 e. The minimum Gasteiger partial charge on any atom is -0.247 e. The molecule has 0 unspecified atom stereocenters. The molecule has 0 bridgehead atoms. The zero-order chi connectivity index (χ0) is 10.1. The average Bonchev–Trinajstić information content (AvgIpc) is 2.77. The Morgan fingerprint density at radius 1 is 1.40 bits per heavy atom. The van der Waals surface area contributed by atoms with Crippen molar-refractivity contribution < 1.29 is 0 Å². The fraction of sp³-hybridized carbons (Fsp3) is 0. The van der Waals surface area contributed by atoms with Crippen molar-refractivity contribution in [2.75, 3.05) is 0 Å². The highest BCUT2D eigenvalue weighted by molar-refractivity contribution is 8.00. The molecule has 0 radical (unpaired) electrons. The summed E-state index contributed by atoms with van der Waals surface area (Å²) in [6, 6.07) is 1.83. The van der Waals surface area contributed by atoms with Crippen LogP contribution in [-0.2, 0) is 0 Å². The monoisotopic (exact) mass is 219 g/mol. The summed E-state index contributed by atoms with van der Waals surface area (Å²) in [6.07, 6.45) is 3.57. The predicted molar refractivity (Wildman–Crippen MR) is 55.0 cm³/mol. The number of aromatic nitrogens is 5. The summed E-state index contributed by atoms with van der Waals surface area (Å²) in [5.74, 6) is 0. The zero-order valence-electron chi connectivity index (χ0n) is 7.40. The Morgan fingerprint density at radius 3 is 3.27 bits per heavy atom. The van der Waals surface area contributed by atoms with Gasteiger partial charge in [0.2, 0.25) is 5.65 Å². The van der Waals surface area contributed by atoms with Gasteiger partial charge in [0, 0.05) is 5.56 Å². The molecule has 1 aliphatic heterocycles. The van der Waals surface area contributed by atoms with Crippen LogP contribution in [0.2, 0.25) is 0 Å². The molecule has 0 saturated carbocycles. The number of nitrogens with one attached hydrogen (secondary N) is 1. The first kappa shape index (κ1) is 8.36. The zero-order valence-corrected chi connectivity index (χ0v) is 8.22. The van der Waals surface area contributed by atoms with Gasteiger partial charge in [0.15, 0.2) is 0 Å². The smallest absolute Gasteiger partial charge is 0.200 e. The number of tetrazole rings is 1. The molecule has 15 heavy (non-hydrogen) atoms. The van der Waals surface area contributed by atoms with E-state index in [-0.39, 0.29) is 0 Å². The Balaban J connectivity index is 2.10. The lowest BCUT2D eigenvalue weighted by Crippen LogP contribution is -2.08. The lowest BCUT2D eigenvalue weighted by Gasteiger charge is -2.05. The summed E-state index contributed by atoms with van der Waals surface area (Å²) >= 11 is 1.41. The molecular weight excluding hydrogens is 214 g/mol. The predicted octanol–water partition coefficient (Wildman–Crippen LogP) is -0.0115. The van der Waals surface area contributed by atoms with Crippen molar-refractivity contribution in [2.45, 2.75) is 0 Å². The molecule has 2 aromatic heterocycles. The van der Waals surface area contributed by atoms with E-state index in [2.05, 4.69) is 30.6 Å². The van der Waals surface area contributed by atoms with Crippen molar-refractivity contribution in [3.63, 3.8) is 0 Å². The minimum atomic E-state index is 0.599. The summed E-state index contributed by atoms with van der Waals surface area (Å²) in [7, 11) is 0. The molecule has 0 aromatic carbocycles. The molecule has 1 aliphatic rings. The number of allylic oxidation sites excluding steroid dienone is 1. The van der Waals surface area contributed by atoms with Gasteiger partial charge in [0.25, 0.3) is 0 Å². The topological polar surface area (TPSA) is 80.4 Å². The summed E-state index contributed by atoms with van der Waals surface area (Å²) < 4.78 is 1.36. The average molecular weight is 219 g/mol. The van der Waals surface area contributed by atoms with Crippen molar-refractivity contribution in [1.29, 1.82) is 0 Å². The van der Waals surface area contributed by atoms with E-state index in [0.29, 0.717) is 5.65 Å². The molecule has 0 spiro atoms. The van der Waals surface area contributed by atoms with Crippen LogP contribution in [0.4, 0.5) is 0 Å². The van der Waals surface area contributed by atoms with Gasteiger partial charge in [0.05, 0.1) is 11.9 Å².